The van der Waals surface area contributed by atoms with Gasteiger partial charge in [0.05, 0.1) is 6.20 Å². The molecule has 1 aromatic heterocycles. The monoisotopic (exact) mass is 436 g/mol. The lowest BCUT2D eigenvalue weighted by atomic mass is 10.1. The van der Waals surface area contributed by atoms with Crippen molar-refractivity contribution < 1.29 is 14.6 Å². The average Bonchev–Trinajstić information content (AvgIpc) is 3.28. The Morgan fingerprint density at radius 2 is 1.70 bits per heavy atom. The van der Waals surface area contributed by atoms with Gasteiger partial charge in [-0.1, -0.05) is 48.5 Å². The molecule has 0 bridgehead atoms. The lowest BCUT2D eigenvalue weighted by molar-refractivity contribution is 0.304. The predicted octanol–water partition coefficient (Wildman–Crippen LogP) is 6.92. The van der Waals surface area contributed by atoms with E-state index in [-0.39, 0.29) is 5.75 Å². The second-order valence-electron chi connectivity index (χ2n) is 8.13. The number of benzene rings is 4. The number of aromatic amines is 1. The molecule has 5 rings (SSSR count). The normalized spacial score (nSPS) is 11.0. The van der Waals surface area contributed by atoms with Crippen molar-refractivity contribution in [2.24, 2.45) is 0 Å². The minimum absolute atomic E-state index is 0.0843. The van der Waals surface area contributed by atoms with E-state index in [0.717, 1.165) is 22.4 Å². The van der Waals surface area contributed by atoms with Gasteiger partial charge in [0, 0.05) is 11.6 Å². The predicted molar refractivity (Wildman–Crippen MR) is 130 cm³/mol. The van der Waals surface area contributed by atoms with Gasteiger partial charge < -0.3 is 14.6 Å². The number of phenolic OH excluding ortho intramolecular Hbond substituents is 1. The number of hydrogen-bond donors (Lipinski definition) is 2. The molecule has 5 aromatic rings. The highest BCUT2D eigenvalue weighted by molar-refractivity contribution is 5.83. The molecule has 5 nitrogen and oxygen atoms in total. The van der Waals surface area contributed by atoms with Crippen LogP contribution in [0.3, 0.4) is 0 Å². The van der Waals surface area contributed by atoms with Gasteiger partial charge in [-0.05, 0) is 65.6 Å². The summed E-state index contributed by atoms with van der Waals surface area (Å²) in [5.41, 5.74) is 4.39. The third-order valence-corrected chi connectivity index (χ3v) is 5.63. The van der Waals surface area contributed by atoms with E-state index in [9.17, 15) is 5.11 Å². The summed E-state index contributed by atoms with van der Waals surface area (Å²) in [6.07, 6.45) is 1.61. The molecule has 0 spiro atoms. The number of nitrogens with zero attached hydrogens (tertiary/aromatic N) is 1. The van der Waals surface area contributed by atoms with E-state index < -0.39 is 0 Å². The molecule has 33 heavy (non-hydrogen) atoms. The molecule has 0 atom stereocenters. The maximum Gasteiger partial charge on any atom is 0.173 e. The Morgan fingerprint density at radius 3 is 2.55 bits per heavy atom. The number of fused-ring (bicyclic) bond motifs is 1. The number of aryl methyl sites for hydroxylation is 2. The van der Waals surface area contributed by atoms with Crippen molar-refractivity contribution in [2.75, 3.05) is 0 Å². The summed E-state index contributed by atoms with van der Waals surface area (Å²) in [5, 5.41) is 20.1. The molecule has 0 amide bonds. The molecule has 0 saturated heterocycles. The van der Waals surface area contributed by atoms with Crippen LogP contribution < -0.4 is 9.47 Å². The Kier molecular flexibility index (Phi) is 5.45. The van der Waals surface area contributed by atoms with Crippen LogP contribution in [-0.4, -0.2) is 15.3 Å². The molecular weight excluding hydrogens is 412 g/mol. The number of H-pyrrole nitrogens is 1. The number of rotatable bonds is 6. The number of aromatic hydroxyl groups is 1. The fourth-order valence-electron chi connectivity index (χ4n) is 3.79. The molecule has 0 fully saturated rings. The van der Waals surface area contributed by atoms with Crippen LogP contribution in [0.1, 0.15) is 16.7 Å². The van der Waals surface area contributed by atoms with Crippen molar-refractivity contribution in [1.82, 2.24) is 10.2 Å². The van der Waals surface area contributed by atoms with Crippen molar-refractivity contribution in [3.63, 3.8) is 0 Å². The zero-order chi connectivity index (χ0) is 22.8. The fourth-order valence-corrected chi connectivity index (χ4v) is 3.79. The molecule has 0 unspecified atom stereocenters. The van der Waals surface area contributed by atoms with Gasteiger partial charge in [-0.15, -0.1) is 0 Å². The van der Waals surface area contributed by atoms with Crippen LogP contribution in [0.2, 0.25) is 0 Å². The van der Waals surface area contributed by atoms with Gasteiger partial charge in [-0.3, -0.25) is 5.10 Å². The van der Waals surface area contributed by atoms with Gasteiger partial charge in [0.2, 0.25) is 0 Å². The summed E-state index contributed by atoms with van der Waals surface area (Å²) in [6.45, 7) is 4.42. The largest absolute Gasteiger partial charge is 0.507 e. The molecular formula is C28H24N2O3. The number of aromatic nitrogens is 2. The zero-order valence-corrected chi connectivity index (χ0v) is 18.5. The van der Waals surface area contributed by atoms with Crippen molar-refractivity contribution >= 4 is 10.8 Å². The van der Waals surface area contributed by atoms with Gasteiger partial charge in [-0.2, -0.15) is 5.10 Å². The maximum atomic E-state index is 10.7. The molecule has 0 radical (unpaired) electrons. The number of nitrogens with one attached hydrogen (secondary N) is 1. The van der Waals surface area contributed by atoms with Crippen molar-refractivity contribution in [3.05, 3.63) is 102 Å². The zero-order valence-electron chi connectivity index (χ0n) is 18.5. The summed E-state index contributed by atoms with van der Waals surface area (Å²) in [4.78, 5) is 0. The minimum atomic E-state index is 0.0843. The van der Waals surface area contributed by atoms with Crippen LogP contribution in [0.25, 0.3) is 22.0 Å². The smallest absolute Gasteiger partial charge is 0.173 e. The molecule has 2 N–H and O–H groups in total. The van der Waals surface area contributed by atoms with Crippen LogP contribution >= 0.6 is 0 Å². The van der Waals surface area contributed by atoms with E-state index in [0.29, 0.717) is 29.4 Å². The van der Waals surface area contributed by atoms with Gasteiger partial charge in [0.1, 0.15) is 29.5 Å². The van der Waals surface area contributed by atoms with E-state index in [1.165, 1.54) is 10.8 Å². The van der Waals surface area contributed by atoms with Gasteiger partial charge in [0.25, 0.3) is 0 Å². The lowest BCUT2D eigenvalue weighted by Crippen LogP contribution is -1.96. The molecule has 5 heteroatoms. The molecule has 0 aliphatic heterocycles. The SMILES string of the molecule is Cc1ccc(C)c(Oc2cn[nH]c2-c2ccc(OCc3ccc4ccccc4c3)cc2O)c1. The van der Waals surface area contributed by atoms with Crippen LogP contribution in [-0.2, 0) is 6.61 Å². The molecule has 164 valence electrons. The quantitative estimate of drug-likeness (QED) is 0.303. The highest BCUT2D eigenvalue weighted by Crippen LogP contribution is 2.38. The Morgan fingerprint density at radius 1 is 0.848 bits per heavy atom. The Bertz CT molecular complexity index is 1440. The van der Waals surface area contributed by atoms with Crippen LogP contribution in [0.5, 0.6) is 23.0 Å². The maximum absolute atomic E-state index is 10.7. The first kappa shape index (κ1) is 20.6. The highest BCUT2D eigenvalue weighted by atomic mass is 16.5. The van der Waals surface area contributed by atoms with E-state index >= 15 is 0 Å². The van der Waals surface area contributed by atoms with E-state index in [4.69, 9.17) is 9.47 Å². The van der Waals surface area contributed by atoms with Crippen LogP contribution in [0.4, 0.5) is 0 Å². The highest BCUT2D eigenvalue weighted by Gasteiger charge is 2.15. The van der Waals surface area contributed by atoms with Crippen molar-refractivity contribution in [2.45, 2.75) is 20.5 Å². The number of hydrogen-bond acceptors (Lipinski definition) is 4. The molecule has 0 saturated carbocycles. The minimum Gasteiger partial charge on any atom is -0.507 e. The van der Waals surface area contributed by atoms with Crippen molar-refractivity contribution in [3.8, 4) is 34.3 Å². The topological polar surface area (TPSA) is 67.4 Å². The Hall–Kier alpha value is -4.25. The Balaban J connectivity index is 1.34. The average molecular weight is 437 g/mol. The summed E-state index contributed by atoms with van der Waals surface area (Å²) < 4.78 is 12.0. The third-order valence-electron chi connectivity index (χ3n) is 5.63. The van der Waals surface area contributed by atoms with Gasteiger partial charge in [0.15, 0.2) is 5.75 Å². The summed E-state index contributed by atoms with van der Waals surface area (Å²) in [6, 6.07) is 25.8. The van der Waals surface area contributed by atoms with E-state index in [1.807, 2.05) is 50.2 Å². The lowest BCUT2D eigenvalue weighted by Gasteiger charge is -2.12. The molecule has 0 aliphatic rings. The second kappa shape index (κ2) is 8.71. The number of ether oxygens (including phenoxy) is 2. The standard InChI is InChI=1S/C28H24N2O3/c1-18-7-8-19(2)26(13-18)33-27-16-29-30-28(27)24-12-11-23(15-25(24)31)32-17-20-9-10-21-5-3-4-6-22(21)14-20/h3-16,31H,17H2,1-2H3,(H,29,30). The third kappa shape index (κ3) is 4.39. The molecule has 1 heterocycles. The van der Waals surface area contributed by atoms with Gasteiger partial charge >= 0.3 is 0 Å². The first-order chi connectivity index (χ1) is 16.1. The summed E-state index contributed by atoms with van der Waals surface area (Å²) in [7, 11) is 0. The first-order valence-electron chi connectivity index (χ1n) is 10.8. The molecule has 0 aliphatic carbocycles. The van der Waals surface area contributed by atoms with Crippen LogP contribution in [0.15, 0.2) is 85.1 Å². The van der Waals surface area contributed by atoms with E-state index in [1.54, 1.807) is 18.3 Å². The van der Waals surface area contributed by atoms with Crippen LogP contribution in [0, 0.1) is 13.8 Å². The van der Waals surface area contributed by atoms with Crippen molar-refractivity contribution in [1.29, 1.82) is 0 Å². The van der Waals surface area contributed by atoms with Gasteiger partial charge in [-0.25, -0.2) is 0 Å². The van der Waals surface area contributed by atoms with E-state index in [2.05, 4.69) is 40.5 Å². The Labute approximate surface area is 192 Å². The second-order valence-corrected chi connectivity index (χ2v) is 8.13. The fraction of sp³-hybridized carbons (Fsp3) is 0.107. The summed E-state index contributed by atoms with van der Waals surface area (Å²) in [5.74, 6) is 1.97. The summed E-state index contributed by atoms with van der Waals surface area (Å²) >= 11 is 0. The number of phenols is 1. The first-order valence-corrected chi connectivity index (χ1v) is 10.8. The molecule has 4 aromatic carbocycles.